The van der Waals surface area contributed by atoms with Crippen molar-refractivity contribution >= 4 is 44.3 Å². The molecule has 7 heteroatoms. The molecule has 2 aromatic carbocycles. The third-order valence-corrected chi connectivity index (χ3v) is 5.63. The SMILES string of the molecule is C/C(=N\NC1=NC2C=CC(Br)=CC2C(c2ccccc2)=N1)c1nc2ccccc2[nH]1. The van der Waals surface area contributed by atoms with Gasteiger partial charge in [0, 0.05) is 10.4 Å². The smallest absolute Gasteiger partial charge is 0.239 e. The highest BCUT2D eigenvalue weighted by Crippen LogP contribution is 2.29. The summed E-state index contributed by atoms with van der Waals surface area (Å²) in [5.41, 5.74) is 7.70. The van der Waals surface area contributed by atoms with Crippen LogP contribution in [-0.4, -0.2) is 33.4 Å². The number of fused-ring (bicyclic) bond motifs is 2. The third-order valence-electron chi connectivity index (χ3n) is 5.10. The van der Waals surface area contributed by atoms with Crippen LogP contribution in [0.25, 0.3) is 11.0 Å². The maximum Gasteiger partial charge on any atom is 0.239 e. The molecule has 2 unspecified atom stereocenters. The molecule has 5 rings (SSSR count). The fraction of sp³-hybridized carbons (Fsp3) is 0.130. The lowest BCUT2D eigenvalue weighted by Crippen LogP contribution is -2.35. The van der Waals surface area contributed by atoms with Crippen molar-refractivity contribution in [2.45, 2.75) is 13.0 Å². The minimum absolute atomic E-state index is 0.0248. The summed E-state index contributed by atoms with van der Waals surface area (Å²) in [6.45, 7) is 1.90. The van der Waals surface area contributed by atoms with E-state index in [1.54, 1.807) is 0 Å². The summed E-state index contributed by atoms with van der Waals surface area (Å²) in [5.74, 6) is 1.29. The lowest BCUT2D eigenvalue weighted by molar-refractivity contribution is 0.697. The third kappa shape index (κ3) is 3.64. The first-order chi connectivity index (χ1) is 14.7. The molecular formula is C23H19BrN6. The fourth-order valence-electron chi connectivity index (χ4n) is 3.59. The van der Waals surface area contributed by atoms with E-state index in [-0.39, 0.29) is 12.0 Å². The Bertz CT molecular complexity index is 1220. The van der Waals surface area contributed by atoms with Crippen molar-refractivity contribution < 1.29 is 0 Å². The number of aromatic amines is 1. The molecule has 6 nitrogen and oxygen atoms in total. The van der Waals surface area contributed by atoms with Gasteiger partial charge in [-0.05, 0) is 24.6 Å². The van der Waals surface area contributed by atoms with Crippen LogP contribution in [0.5, 0.6) is 0 Å². The van der Waals surface area contributed by atoms with Crippen LogP contribution in [-0.2, 0) is 0 Å². The molecule has 30 heavy (non-hydrogen) atoms. The van der Waals surface area contributed by atoms with Gasteiger partial charge in [0.2, 0.25) is 5.96 Å². The van der Waals surface area contributed by atoms with Crippen molar-refractivity contribution in [3.63, 3.8) is 0 Å². The summed E-state index contributed by atoms with van der Waals surface area (Å²) in [4.78, 5) is 17.4. The van der Waals surface area contributed by atoms with Gasteiger partial charge in [0.25, 0.3) is 0 Å². The number of allylic oxidation sites excluding steroid dienone is 2. The topological polar surface area (TPSA) is 77.8 Å². The first-order valence-corrected chi connectivity index (χ1v) is 10.5. The van der Waals surface area contributed by atoms with Crippen LogP contribution in [0.1, 0.15) is 18.3 Å². The molecule has 2 atom stereocenters. The second kappa shape index (κ2) is 7.84. The summed E-state index contributed by atoms with van der Waals surface area (Å²) >= 11 is 3.58. The van der Waals surface area contributed by atoms with E-state index < -0.39 is 0 Å². The Hall–Kier alpha value is -3.32. The maximum absolute atomic E-state index is 4.80. The van der Waals surface area contributed by atoms with Crippen molar-refractivity contribution in [1.82, 2.24) is 15.4 Å². The van der Waals surface area contributed by atoms with E-state index in [9.17, 15) is 0 Å². The van der Waals surface area contributed by atoms with Crippen molar-refractivity contribution in [1.29, 1.82) is 0 Å². The Kier molecular flexibility index (Phi) is 4.88. The number of benzene rings is 2. The summed E-state index contributed by atoms with van der Waals surface area (Å²) in [6.07, 6.45) is 6.27. The van der Waals surface area contributed by atoms with E-state index in [1.807, 2.05) is 55.5 Å². The molecule has 148 valence electrons. The number of para-hydroxylation sites is 2. The molecule has 0 fully saturated rings. The molecular weight excluding hydrogens is 440 g/mol. The molecule has 0 amide bonds. The highest BCUT2D eigenvalue weighted by atomic mass is 79.9. The molecule has 1 aliphatic heterocycles. The van der Waals surface area contributed by atoms with Crippen LogP contribution in [0, 0.1) is 5.92 Å². The Morgan fingerprint density at radius 3 is 2.73 bits per heavy atom. The Balaban J connectivity index is 1.45. The summed E-state index contributed by atoms with van der Waals surface area (Å²) in [7, 11) is 0. The van der Waals surface area contributed by atoms with Gasteiger partial charge in [-0.25, -0.2) is 20.4 Å². The normalized spacial score (nSPS) is 21.0. The zero-order valence-electron chi connectivity index (χ0n) is 16.2. The first-order valence-electron chi connectivity index (χ1n) is 9.70. The van der Waals surface area contributed by atoms with Crippen LogP contribution in [0.2, 0.25) is 0 Å². The van der Waals surface area contributed by atoms with Crippen LogP contribution in [0.3, 0.4) is 0 Å². The number of nitrogens with one attached hydrogen (secondary N) is 2. The average Bonchev–Trinajstić information content (AvgIpc) is 3.22. The van der Waals surface area contributed by atoms with E-state index in [2.05, 4.69) is 60.7 Å². The van der Waals surface area contributed by atoms with Crippen LogP contribution in [0.4, 0.5) is 0 Å². The molecule has 1 aromatic heterocycles. The lowest BCUT2D eigenvalue weighted by Gasteiger charge is -2.28. The van der Waals surface area contributed by atoms with Crippen molar-refractivity contribution in [2.24, 2.45) is 21.0 Å². The highest BCUT2D eigenvalue weighted by molar-refractivity contribution is 9.11. The molecule has 0 saturated carbocycles. The number of guanidine groups is 1. The van der Waals surface area contributed by atoms with Crippen LogP contribution in [0.15, 0.2) is 92.4 Å². The minimum Gasteiger partial charge on any atom is -0.337 e. The standard InChI is InChI=1S/C23H19BrN6/c1-14(22-25-19-9-5-6-10-20(19)26-22)29-30-23-27-18-12-11-16(24)13-17(18)21(28-23)15-7-3-2-4-8-15/h2-13,17-18H,1H3,(H,25,26)(H,27,30)/b29-14+. The number of H-pyrrole nitrogens is 1. The van der Waals surface area contributed by atoms with Gasteiger partial charge in [-0.3, -0.25) is 0 Å². The average molecular weight is 459 g/mol. The lowest BCUT2D eigenvalue weighted by atomic mass is 9.86. The monoisotopic (exact) mass is 458 g/mol. The number of imidazole rings is 1. The Morgan fingerprint density at radius 1 is 1.10 bits per heavy atom. The van der Waals surface area contributed by atoms with Gasteiger partial charge in [-0.15, -0.1) is 0 Å². The van der Waals surface area contributed by atoms with Crippen molar-refractivity contribution in [3.05, 3.63) is 88.7 Å². The second-order valence-electron chi connectivity index (χ2n) is 7.15. The molecule has 0 radical (unpaired) electrons. The van der Waals surface area contributed by atoms with Gasteiger partial charge < -0.3 is 4.98 Å². The molecule has 3 aromatic rings. The van der Waals surface area contributed by atoms with Gasteiger partial charge in [0.1, 0.15) is 5.71 Å². The molecule has 2 aliphatic rings. The predicted octanol–water partition coefficient (Wildman–Crippen LogP) is 4.57. The van der Waals surface area contributed by atoms with E-state index in [1.165, 1.54) is 0 Å². The number of nitrogens with zero attached hydrogens (tertiary/aromatic N) is 4. The van der Waals surface area contributed by atoms with Gasteiger partial charge in [-0.1, -0.05) is 76.6 Å². The molecule has 0 saturated heterocycles. The van der Waals surface area contributed by atoms with Gasteiger partial charge in [0.05, 0.1) is 22.8 Å². The number of hydrazone groups is 1. The van der Waals surface area contributed by atoms with Gasteiger partial charge in [0.15, 0.2) is 5.82 Å². The zero-order chi connectivity index (χ0) is 20.5. The number of rotatable bonds is 3. The minimum atomic E-state index is -0.0248. The molecule has 1 aliphatic carbocycles. The van der Waals surface area contributed by atoms with E-state index in [0.717, 1.165) is 38.3 Å². The fourth-order valence-corrected chi connectivity index (χ4v) is 4.03. The Labute approximate surface area is 182 Å². The number of aromatic nitrogens is 2. The number of halogens is 1. The predicted molar refractivity (Wildman–Crippen MR) is 125 cm³/mol. The molecule has 2 heterocycles. The van der Waals surface area contributed by atoms with E-state index >= 15 is 0 Å². The highest BCUT2D eigenvalue weighted by Gasteiger charge is 2.30. The first kappa shape index (κ1) is 18.7. The number of hydrogen-bond acceptors (Lipinski definition) is 5. The molecule has 0 spiro atoms. The summed E-state index contributed by atoms with van der Waals surface area (Å²) < 4.78 is 1.04. The Morgan fingerprint density at radius 2 is 1.90 bits per heavy atom. The van der Waals surface area contributed by atoms with Crippen LogP contribution >= 0.6 is 15.9 Å². The second-order valence-corrected chi connectivity index (χ2v) is 8.07. The van der Waals surface area contributed by atoms with Gasteiger partial charge in [-0.2, -0.15) is 5.10 Å². The summed E-state index contributed by atoms with van der Waals surface area (Å²) in [5, 5.41) is 4.48. The van der Waals surface area contributed by atoms with E-state index in [4.69, 9.17) is 9.98 Å². The van der Waals surface area contributed by atoms with Crippen molar-refractivity contribution in [2.75, 3.05) is 0 Å². The number of aliphatic imine (C=N–C) groups is 2. The quantitative estimate of drug-likeness (QED) is 0.445. The van der Waals surface area contributed by atoms with Crippen molar-refractivity contribution in [3.8, 4) is 0 Å². The largest absolute Gasteiger partial charge is 0.337 e. The zero-order valence-corrected chi connectivity index (χ0v) is 17.8. The summed E-state index contributed by atoms with van der Waals surface area (Å²) in [6, 6.07) is 18.1. The number of hydrogen-bond donors (Lipinski definition) is 2. The van der Waals surface area contributed by atoms with Gasteiger partial charge >= 0.3 is 0 Å². The molecule has 0 bridgehead atoms. The van der Waals surface area contributed by atoms with Crippen LogP contribution < -0.4 is 5.43 Å². The maximum atomic E-state index is 4.80. The molecule has 2 N–H and O–H groups in total. The van der Waals surface area contributed by atoms with E-state index in [0.29, 0.717) is 5.96 Å².